The van der Waals surface area contributed by atoms with Crippen molar-refractivity contribution in [3.63, 3.8) is 0 Å². The average Bonchev–Trinajstić information content (AvgIpc) is 3.42. The molecule has 1 unspecified atom stereocenters. The Morgan fingerprint density at radius 2 is 0.566 bits per heavy atom. The number of carbonyl (C=O) groups is 2. The first-order chi connectivity index (χ1) is 37.6. The van der Waals surface area contributed by atoms with Crippen LogP contribution in [0.15, 0.2) is 60.8 Å². The molecule has 76 heavy (non-hydrogen) atoms. The number of rotatable bonds is 63. The van der Waals surface area contributed by atoms with E-state index in [9.17, 15) is 14.7 Å². The number of unbranched alkanes of at least 4 members (excludes halogenated alkanes) is 45. The second kappa shape index (κ2) is 66.9. The van der Waals surface area contributed by atoms with Gasteiger partial charge in [-0.3, -0.25) is 9.59 Å². The summed E-state index contributed by atoms with van der Waals surface area (Å²) < 4.78 is 10.7. The van der Waals surface area contributed by atoms with Crippen LogP contribution in [0.4, 0.5) is 0 Å². The molecule has 1 N–H and O–H groups in total. The molecular weight excluding hydrogens is 933 g/mol. The molecule has 0 aliphatic heterocycles. The van der Waals surface area contributed by atoms with Gasteiger partial charge in [0.2, 0.25) is 0 Å². The van der Waals surface area contributed by atoms with Crippen LogP contribution in [0.3, 0.4) is 0 Å². The zero-order chi connectivity index (χ0) is 54.8. The summed E-state index contributed by atoms with van der Waals surface area (Å²) in [5.41, 5.74) is 0. The maximum Gasteiger partial charge on any atom is 0.306 e. The fourth-order valence-corrected chi connectivity index (χ4v) is 10.3. The van der Waals surface area contributed by atoms with E-state index in [2.05, 4.69) is 74.6 Å². The van der Waals surface area contributed by atoms with Gasteiger partial charge in [-0.05, 0) is 57.8 Å². The smallest absolute Gasteiger partial charge is 0.306 e. The predicted octanol–water partition coefficient (Wildman–Crippen LogP) is 23.3. The van der Waals surface area contributed by atoms with Crippen LogP contribution in [0.25, 0.3) is 0 Å². The Labute approximate surface area is 474 Å². The van der Waals surface area contributed by atoms with E-state index in [0.717, 1.165) is 70.6 Å². The SMILES string of the molecule is CC/C=C\C/C=C\C/C=C\C/C=C\C/C=C\CCCCCCCCCCCC(=O)OC(CO)COC(=O)CCCCCCCCCCCCCCCCCCCCCCCCCCCCCCCCCCCCCCC. The van der Waals surface area contributed by atoms with Crippen LogP contribution in [0.1, 0.15) is 361 Å². The Balaban J connectivity index is 3.40. The zero-order valence-electron chi connectivity index (χ0n) is 51.0. The highest BCUT2D eigenvalue weighted by atomic mass is 16.6. The third-order valence-electron chi connectivity index (χ3n) is 15.3. The van der Waals surface area contributed by atoms with Crippen LogP contribution in [-0.4, -0.2) is 36.4 Å². The highest BCUT2D eigenvalue weighted by molar-refractivity contribution is 5.70. The minimum absolute atomic E-state index is 0.0664. The van der Waals surface area contributed by atoms with Crippen molar-refractivity contribution in [2.45, 2.75) is 367 Å². The van der Waals surface area contributed by atoms with Gasteiger partial charge in [0, 0.05) is 12.8 Å². The normalized spacial score (nSPS) is 12.5. The Bertz CT molecular complexity index is 1300. The van der Waals surface area contributed by atoms with Crippen molar-refractivity contribution >= 4 is 11.9 Å². The first-order valence-corrected chi connectivity index (χ1v) is 33.8. The number of carbonyl (C=O) groups excluding carboxylic acids is 2. The maximum atomic E-state index is 12.3. The van der Waals surface area contributed by atoms with Gasteiger partial charge in [-0.1, -0.05) is 351 Å². The molecule has 0 amide bonds. The van der Waals surface area contributed by atoms with E-state index in [1.54, 1.807) is 0 Å². The van der Waals surface area contributed by atoms with Crippen molar-refractivity contribution < 1.29 is 24.2 Å². The first-order valence-electron chi connectivity index (χ1n) is 33.8. The van der Waals surface area contributed by atoms with Crippen LogP contribution < -0.4 is 0 Å². The molecular formula is C71H130O5. The summed E-state index contributed by atoms with van der Waals surface area (Å²) in [4.78, 5) is 24.6. The third kappa shape index (κ3) is 64.1. The number of ether oxygens (including phenoxy) is 2. The molecule has 0 aliphatic carbocycles. The van der Waals surface area contributed by atoms with Crippen molar-refractivity contribution in [1.82, 2.24) is 0 Å². The highest BCUT2D eigenvalue weighted by Gasteiger charge is 2.16. The largest absolute Gasteiger partial charge is 0.462 e. The number of aliphatic hydroxyl groups excluding tert-OH is 1. The van der Waals surface area contributed by atoms with Gasteiger partial charge < -0.3 is 14.6 Å². The monoisotopic (exact) mass is 1060 g/mol. The van der Waals surface area contributed by atoms with Crippen LogP contribution in [0.5, 0.6) is 0 Å². The molecule has 0 aliphatic rings. The Hall–Kier alpha value is -2.40. The van der Waals surface area contributed by atoms with Gasteiger partial charge in [0.05, 0.1) is 6.61 Å². The standard InChI is InChI=1S/C71H130O5/c1-3-5-7-9-11-13-15-17-19-21-23-25-27-29-30-31-32-33-34-35-36-37-38-39-40-42-43-45-47-49-51-53-55-57-59-61-63-65-70(73)75-68-69(67-72)76-71(74)66-64-62-60-58-56-54-52-50-48-46-44-41-28-26-24-22-20-18-16-14-12-10-8-6-4-2/h6,8,12,14,18,20,24,26,41,44,69,72H,3-5,7,9-11,13,15-17,19,21-23,25,27-40,42-43,45-68H2,1-2H3/b8-6-,14-12-,20-18-,26-24-,44-41-. The maximum absolute atomic E-state index is 12.3. The lowest BCUT2D eigenvalue weighted by molar-refractivity contribution is -0.161. The van der Waals surface area contributed by atoms with Crippen LogP contribution in [-0.2, 0) is 19.1 Å². The molecule has 0 heterocycles. The molecule has 0 aromatic rings. The quantitative estimate of drug-likeness (QED) is 0.0373. The molecule has 0 radical (unpaired) electrons. The molecule has 0 aromatic carbocycles. The first kappa shape index (κ1) is 73.6. The van der Waals surface area contributed by atoms with E-state index in [4.69, 9.17) is 9.47 Å². The Kier molecular flexibility index (Phi) is 64.8. The van der Waals surface area contributed by atoms with Gasteiger partial charge >= 0.3 is 11.9 Å². The lowest BCUT2D eigenvalue weighted by Crippen LogP contribution is -2.28. The van der Waals surface area contributed by atoms with E-state index in [0.29, 0.717) is 12.8 Å². The van der Waals surface area contributed by atoms with E-state index in [1.807, 2.05) is 0 Å². The van der Waals surface area contributed by atoms with E-state index in [-0.39, 0.29) is 25.2 Å². The molecule has 0 fully saturated rings. The van der Waals surface area contributed by atoms with Crippen molar-refractivity contribution in [3.05, 3.63) is 60.8 Å². The summed E-state index contributed by atoms with van der Waals surface area (Å²) in [6, 6.07) is 0. The molecule has 5 nitrogen and oxygen atoms in total. The Morgan fingerprint density at radius 3 is 0.855 bits per heavy atom. The highest BCUT2D eigenvalue weighted by Crippen LogP contribution is 2.19. The summed E-state index contributed by atoms with van der Waals surface area (Å²) in [7, 11) is 0. The summed E-state index contributed by atoms with van der Waals surface area (Å²) in [6.07, 6.45) is 91.1. The van der Waals surface area contributed by atoms with Gasteiger partial charge in [-0.15, -0.1) is 0 Å². The van der Waals surface area contributed by atoms with Crippen molar-refractivity contribution in [2.24, 2.45) is 0 Å². The van der Waals surface area contributed by atoms with Crippen molar-refractivity contribution in [2.75, 3.05) is 13.2 Å². The zero-order valence-corrected chi connectivity index (χ0v) is 51.0. The van der Waals surface area contributed by atoms with Crippen molar-refractivity contribution in [3.8, 4) is 0 Å². The lowest BCUT2D eigenvalue weighted by Gasteiger charge is -2.15. The molecule has 0 spiro atoms. The lowest BCUT2D eigenvalue weighted by atomic mass is 10.0. The number of hydrogen-bond acceptors (Lipinski definition) is 5. The molecule has 444 valence electrons. The van der Waals surface area contributed by atoms with E-state index < -0.39 is 6.10 Å². The number of esters is 2. The molecule has 0 aromatic heterocycles. The molecule has 5 heteroatoms. The van der Waals surface area contributed by atoms with Gasteiger partial charge in [-0.2, -0.15) is 0 Å². The van der Waals surface area contributed by atoms with Crippen LogP contribution >= 0.6 is 0 Å². The number of aliphatic hydroxyl groups is 1. The number of allylic oxidation sites excluding steroid dienone is 10. The minimum Gasteiger partial charge on any atom is -0.462 e. The topological polar surface area (TPSA) is 72.8 Å². The summed E-state index contributed by atoms with van der Waals surface area (Å²) >= 11 is 0. The molecule has 0 bridgehead atoms. The number of hydrogen-bond donors (Lipinski definition) is 1. The van der Waals surface area contributed by atoms with Crippen molar-refractivity contribution in [1.29, 1.82) is 0 Å². The molecule has 0 rings (SSSR count). The summed E-state index contributed by atoms with van der Waals surface area (Å²) in [5, 5.41) is 9.69. The summed E-state index contributed by atoms with van der Waals surface area (Å²) in [6.45, 7) is 4.07. The van der Waals surface area contributed by atoms with E-state index >= 15 is 0 Å². The molecule has 0 saturated heterocycles. The Morgan fingerprint density at radius 1 is 0.316 bits per heavy atom. The minimum atomic E-state index is -0.778. The fraction of sp³-hybridized carbons (Fsp3) is 0.831. The van der Waals surface area contributed by atoms with Crippen LogP contribution in [0.2, 0.25) is 0 Å². The summed E-state index contributed by atoms with van der Waals surface area (Å²) in [5.74, 6) is -0.583. The fourth-order valence-electron chi connectivity index (χ4n) is 10.3. The van der Waals surface area contributed by atoms with E-state index in [1.165, 1.54) is 263 Å². The van der Waals surface area contributed by atoms with Gasteiger partial charge in [0.25, 0.3) is 0 Å². The third-order valence-corrected chi connectivity index (χ3v) is 15.3. The van der Waals surface area contributed by atoms with Gasteiger partial charge in [-0.25, -0.2) is 0 Å². The molecule has 0 saturated carbocycles. The average molecular weight is 1060 g/mol. The second-order valence-electron chi connectivity index (χ2n) is 22.9. The second-order valence-corrected chi connectivity index (χ2v) is 22.9. The van der Waals surface area contributed by atoms with Crippen LogP contribution in [0, 0.1) is 0 Å². The van der Waals surface area contributed by atoms with Gasteiger partial charge in [0.15, 0.2) is 6.10 Å². The molecule has 1 atom stereocenters. The van der Waals surface area contributed by atoms with Gasteiger partial charge in [0.1, 0.15) is 6.61 Å². The predicted molar refractivity (Wildman–Crippen MR) is 334 cm³/mol.